The Labute approximate surface area is 110 Å². The van der Waals surface area contributed by atoms with E-state index in [4.69, 9.17) is 34.8 Å². The van der Waals surface area contributed by atoms with Crippen LogP contribution < -0.4 is 0 Å². The maximum Gasteiger partial charge on any atom is 0.317 e. The third-order valence-corrected chi connectivity index (χ3v) is 3.26. The molecule has 88 valence electrons. The largest absolute Gasteiger partial charge is 0.317 e. The molecule has 2 rings (SSSR count). The van der Waals surface area contributed by atoms with E-state index in [1.54, 1.807) is 6.92 Å². The first-order valence-corrected chi connectivity index (χ1v) is 5.51. The minimum atomic E-state index is -0.640. The Kier molecular flexibility index (Phi) is 3.07. The van der Waals surface area contributed by atoms with Gasteiger partial charge in [-0.3, -0.25) is 10.1 Å². The number of aromatic nitrogens is 2. The standard InChI is InChI=1S/C9H4Cl3N3O2/c1-3-9(12)14-5-2-4(10)6(11)8(15(16)17)7(5)13-3/h2H,1H3. The lowest BCUT2D eigenvalue weighted by Gasteiger charge is -2.04. The molecule has 0 spiro atoms. The van der Waals surface area contributed by atoms with Crippen molar-refractivity contribution in [1.29, 1.82) is 0 Å². The van der Waals surface area contributed by atoms with Gasteiger partial charge in [0.1, 0.15) is 5.02 Å². The molecule has 1 heterocycles. The number of aryl methyl sites for hydroxylation is 1. The van der Waals surface area contributed by atoms with Crippen LogP contribution in [0.2, 0.25) is 15.2 Å². The van der Waals surface area contributed by atoms with Gasteiger partial charge < -0.3 is 0 Å². The second-order valence-electron chi connectivity index (χ2n) is 3.25. The van der Waals surface area contributed by atoms with Crippen LogP contribution in [-0.2, 0) is 0 Å². The monoisotopic (exact) mass is 291 g/mol. The Morgan fingerprint density at radius 2 is 1.94 bits per heavy atom. The van der Waals surface area contributed by atoms with Crippen molar-refractivity contribution >= 4 is 51.5 Å². The molecule has 1 aromatic carbocycles. The van der Waals surface area contributed by atoms with Crippen molar-refractivity contribution in [3.8, 4) is 0 Å². The quantitative estimate of drug-likeness (QED) is 0.592. The fraction of sp³-hybridized carbons (Fsp3) is 0.111. The molecule has 1 aromatic heterocycles. The Morgan fingerprint density at radius 1 is 1.29 bits per heavy atom. The Hall–Kier alpha value is -1.17. The number of hydrogen-bond acceptors (Lipinski definition) is 4. The maximum absolute atomic E-state index is 10.9. The number of rotatable bonds is 1. The van der Waals surface area contributed by atoms with Crippen LogP contribution in [0.1, 0.15) is 5.69 Å². The predicted octanol–water partition coefficient (Wildman–Crippen LogP) is 3.81. The highest BCUT2D eigenvalue weighted by Crippen LogP contribution is 2.37. The van der Waals surface area contributed by atoms with Gasteiger partial charge in [0.15, 0.2) is 10.7 Å². The molecule has 0 aliphatic carbocycles. The Bertz CT molecular complexity index is 640. The number of nitro benzene ring substituents is 1. The predicted molar refractivity (Wildman–Crippen MR) is 66.0 cm³/mol. The average molecular weight is 293 g/mol. The van der Waals surface area contributed by atoms with Gasteiger partial charge in [-0.2, -0.15) is 0 Å². The zero-order valence-electron chi connectivity index (χ0n) is 8.37. The summed E-state index contributed by atoms with van der Waals surface area (Å²) in [7, 11) is 0. The fourth-order valence-corrected chi connectivity index (χ4v) is 1.89. The lowest BCUT2D eigenvalue weighted by molar-refractivity contribution is -0.383. The highest BCUT2D eigenvalue weighted by molar-refractivity contribution is 6.44. The summed E-state index contributed by atoms with van der Waals surface area (Å²) in [4.78, 5) is 18.3. The van der Waals surface area contributed by atoms with Gasteiger partial charge in [0.25, 0.3) is 0 Å². The summed E-state index contributed by atoms with van der Waals surface area (Å²) in [5.41, 5.74) is 0.343. The molecule has 0 unspecified atom stereocenters. The fourth-order valence-electron chi connectivity index (χ4n) is 1.35. The first kappa shape index (κ1) is 12.3. The third kappa shape index (κ3) is 2.01. The summed E-state index contributed by atoms with van der Waals surface area (Å²) in [6.45, 7) is 1.60. The van der Waals surface area contributed by atoms with Crippen LogP contribution in [0.25, 0.3) is 11.0 Å². The number of halogens is 3. The van der Waals surface area contributed by atoms with E-state index in [1.165, 1.54) is 6.07 Å². The van der Waals surface area contributed by atoms with Crippen molar-refractivity contribution in [2.24, 2.45) is 0 Å². The summed E-state index contributed by atoms with van der Waals surface area (Å²) in [6.07, 6.45) is 0. The van der Waals surface area contributed by atoms with Crippen LogP contribution in [0.4, 0.5) is 5.69 Å². The molecule has 0 saturated heterocycles. The van der Waals surface area contributed by atoms with Gasteiger partial charge in [0.05, 0.1) is 21.2 Å². The third-order valence-electron chi connectivity index (χ3n) is 2.13. The van der Waals surface area contributed by atoms with Crippen LogP contribution in [-0.4, -0.2) is 14.9 Å². The molecular formula is C9H4Cl3N3O2. The van der Waals surface area contributed by atoms with E-state index in [9.17, 15) is 10.1 Å². The van der Waals surface area contributed by atoms with E-state index < -0.39 is 4.92 Å². The lowest BCUT2D eigenvalue weighted by atomic mass is 10.2. The molecule has 0 aliphatic heterocycles. The molecule has 0 N–H and O–H groups in total. The van der Waals surface area contributed by atoms with E-state index in [0.717, 1.165) is 0 Å². The SMILES string of the molecule is Cc1nc2c([N+](=O)[O-])c(Cl)c(Cl)cc2nc1Cl. The van der Waals surface area contributed by atoms with Gasteiger partial charge in [0, 0.05) is 0 Å². The van der Waals surface area contributed by atoms with Gasteiger partial charge in [-0.25, -0.2) is 9.97 Å². The molecular weight excluding hydrogens is 288 g/mol. The van der Waals surface area contributed by atoms with Gasteiger partial charge in [-0.15, -0.1) is 0 Å². The van der Waals surface area contributed by atoms with Crippen molar-refractivity contribution in [2.45, 2.75) is 6.92 Å². The molecule has 2 aromatic rings. The summed E-state index contributed by atoms with van der Waals surface area (Å²) in [5, 5.41) is 11.0. The van der Waals surface area contributed by atoms with Crippen LogP contribution in [0, 0.1) is 17.0 Å². The number of benzene rings is 1. The molecule has 17 heavy (non-hydrogen) atoms. The number of hydrogen-bond donors (Lipinski definition) is 0. The van der Waals surface area contributed by atoms with Gasteiger partial charge in [-0.1, -0.05) is 34.8 Å². The minimum absolute atomic E-state index is 0.0417. The maximum atomic E-state index is 10.9. The van der Waals surface area contributed by atoms with E-state index >= 15 is 0 Å². The van der Waals surface area contributed by atoms with Crippen molar-refractivity contribution in [2.75, 3.05) is 0 Å². The topological polar surface area (TPSA) is 68.9 Å². The van der Waals surface area contributed by atoms with Crippen LogP contribution >= 0.6 is 34.8 Å². The molecule has 5 nitrogen and oxygen atoms in total. The van der Waals surface area contributed by atoms with E-state index in [-0.39, 0.29) is 31.9 Å². The number of nitro groups is 1. The summed E-state index contributed by atoms with van der Waals surface area (Å²) >= 11 is 17.4. The number of fused-ring (bicyclic) bond motifs is 1. The van der Waals surface area contributed by atoms with Crippen LogP contribution in [0.3, 0.4) is 0 Å². The second-order valence-corrected chi connectivity index (χ2v) is 4.39. The van der Waals surface area contributed by atoms with Crippen molar-refractivity contribution < 1.29 is 4.92 Å². The van der Waals surface area contributed by atoms with Crippen molar-refractivity contribution in [3.05, 3.63) is 37.1 Å². The zero-order valence-corrected chi connectivity index (χ0v) is 10.6. The van der Waals surface area contributed by atoms with E-state index in [0.29, 0.717) is 5.69 Å². The highest BCUT2D eigenvalue weighted by atomic mass is 35.5. The van der Waals surface area contributed by atoms with Gasteiger partial charge in [0.2, 0.25) is 0 Å². The average Bonchev–Trinajstić information content (AvgIpc) is 2.23. The van der Waals surface area contributed by atoms with Crippen LogP contribution in [0.15, 0.2) is 6.07 Å². The van der Waals surface area contributed by atoms with Crippen molar-refractivity contribution in [1.82, 2.24) is 9.97 Å². The number of nitrogens with zero attached hydrogens (tertiary/aromatic N) is 3. The van der Waals surface area contributed by atoms with Crippen molar-refractivity contribution in [3.63, 3.8) is 0 Å². The Morgan fingerprint density at radius 3 is 2.53 bits per heavy atom. The highest BCUT2D eigenvalue weighted by Gasteiger charge is 2.23. The first-order chi connectivity index (χ1) is 7.91. The minimum Gasteiger partial charge on any atom is -0.258 e. The molecule has 0 saturated carbocycles. The Balaban J connectivity index is 2.98. The molecule has 0 radical (unpaired) electrons. The van der Waals surface area contributed by atoms with Crippen LogP contribution in [0.5, 0.6) is 0 Å². The molecule has 0 bridgehead atoms. The molecule has 0 amide bonds. The van der Waals surface area contributed by atoms with E-state index in [2.05, 4.69) is 9.97 Å². The van der Waals surface area contributed by atoms with E-state index in [1.807, 2.05) is 0 Å². The van der Waals surface area contributed by atoms with Gasteiger partial charge >= 0.3 is 5.69 Å². The zero-order chi connectivity index (χ0) is 12.7. The smallest absolute Gasteiger partial charge is 0.258 e. The lowest BCUT2D eigenvalue weighted by Crippen LogP contribution is -1.97. The molecule has 8 heteroatoms. The summed E-state index contributed by atoms with van der Waals surface area (Å²) in [6, 6.07) is 1.39. The first-order valence-electron chi connectivity index (χ1n) is 4.38. The molecule has 0 atom stereocenters. The molecule has 0 aliphatic rings. The summed E-state index contributed by atoms with van der Waals surface area (Å²) < 4.78 is 0. The van der Waals surface area contributed by atoms with Gasteiger partial charge in [-0.05, 0) is 13.0 Å². The molecule has 0 fully saturated rings. The normalized spacial score (nSPS) is 10.8. The second kappa shape index (κ2) is 4.25. The summed E-state index contributed by atoms with van der Waals surface area (Å²) in [5.74, 6) is 0.